The van der Waals surface area contributed by atoms with Gasteiger partial charge in [-0.25, -0.2) is 4.79 Å². The van der Waals surface area contributed by atoms with Gasteiger partial charge in [0.2, 0.25) is 11.7 Å². The van der Waals surface area contributed by atoms with E-state index in [1.165, 1.54) is 17.4 Å². The molecule has 0 saturated carbocycles. The summed E-state index contributed by atoms with van der Waals surface area (Å²) in [6.07, 6.45) is 0. The minimum atomic E-state index is -0.663. The number of thiophene rings is 1. The minimum absolute atomic E-state index is 0.0661. The molecule has 0 spiro atoms. The Morgan fingerprint density at radius 3 is 2.56 bits per heavy atom. The second kappa shape index (κ2) is 8.99. The molecule has 0 bridgehead atoms. The van der Waals surface area contributed by atoms with Crippen LogP contribution < -0.4 is 5.32 Å². The number of halogens is 2. The first kappa shape index (κ1) is 21.6. The molecule has 2 rings (SSSR count). The van der Waals surface area contributed by atoms with E-state index in [0.717, 1.165) is 4.88 Å². The van der Waals surface area contributed by atoms with Crippen LogP contribution in [0.3, 0.4) is 0 Å². The molecule has 144 valence electrons. The first-order valence-corrected chi connectivity index (χ1v) is 10.1. The Hall–Kier alpha value is -1.70. The molecule has 1 amide bonds. The molecule has 27 heavy (non-hydrogen) atoms. The fourth-order valence-electron chi connectivity index (χ4n) is 1.99. The van der Waals surface area contributed by atoms with Crippen molar-refractivity contribution in [2.75, 3.05) is 6.61 Å². The lowest BCUT2D eigenvalue weighted by Crippen LogP contribution is -2.34. The van der Waals surface area contributed by atoms with Crippen molar-refractivity contribution in [2.45, 2.75) is 27.3 Å². The Morgan fingerprint density at radius 2 is 1.89 bits per heavy atom. The Bertz CT molecular complexity index is 873. The van der Waals surface area contributed by atoms with Crippen LogP contribution in [0, 0.1) is 5.41 Å². The maximum Gasteiger partial charge on any atom is 0.340 e. The van der Waals surface area contributed by atoms with E-state index in [0.29, 0.717) is 15.9 Å². The van der Waals surface area contributed by atoms with Crippen LogP contribution in [0.25, 0.3) is 0 Å². The topological polar surface area (TPSA) is 72.5 Å². The Morgan fingerprint density at radius 1 is 1.19 bits per heavy atom. The third-order valence-corrected chi connectivity index (χ3v) is 5.47. The summed E-state index contributed by atoms with van der Waals surface area (Å²) in [5.74, 6) is -1.04. The van der Waals surface area contributed by atoms with Crippen molar-refractivity contribution >= 4 is 56.5 Å². The zero-order chi connectivity index (χ0) is 20.2. The molecule has 0 aliphatic carbocycles. The zero-order valence-corrected chi connectivity index (χ0v) is 18.3. The molecule has 1 aromatic carbocycles. The number of benzene rings is 1. The monoisotopic (exact) mass is 471 g/mol. The summed E-state index contributed by atoms with van der Waals surface area (Å²) in [5, 5.41) is 3.08. The van der Waals surface area contributed by atoms with Crippen molar-refractivity contribution in [3.63, 3.8) is 0 Å². The average molecular weight is 473 g/mol. The Labute approximate surface area is 175 Å². The van der Waals surface area contributed by atoms with Crippen LogP contribution in [0.5, 0.6) is 0 Å². The van der Waals surface area contributed by atoms with E-state index in [4.69, 9.17) is 16.3 Å². The van der Waals surface area contributed by atoms with E-state index in [1.54, 1.807) is 24.3 Å². The van der Waals surface area contributed by atoms with Crippen LogP contribution in [-0.2, 0) is 16.1 Å². The molecule has 1 aromatic heterocycles. The molecular formula is C19H19BrClNO4S. The number of esters is 1. The maximum atomic E-state index is 12.2. The van der Waals surface area contributed by atoms with E-state index < -0.39 is 11.4 Å². The predicted molar refractivity (Wildman–Crippen MR) is 109 cm³/mol. The molecule has 0 fully saturated rings. The van der Waals surface area contributed by atoms with Crippen LogP contribution in [0.2, 0.25) is 5.02 Å². The summed E-state index contributed by atoms with van der Waals surface area (Å²) in [5.41, 5.74) is -0.284. The van der Waals surface area contributed by atoms with E-state index in [-0.39, 0.29) is 28.9 Å². The number of nitrogens with one attached hydrogen (secondary N) is 1. The second-order valence-electron chi connectivity index (χ2n) is 6.82. The number of Topliss-reactive ketones (excluding diaryl/α,β-unsaturated/α-hetero) is 1. The summed E-state index contributed by atoms with van der Waals surface area (Å²) < 4.78 is 5.76. The standard InChI is InChI=1S/C19H19BrClNO4S/c1-19(2,3)18(25)22-9-12-5-7-16(27-12)15(23)10-26-17(24)13-8-11(20)4-6-14(13)21/h4-8H,9-10H2,1-3H3,(H,22,25). The van der Waals surface area contributed by atoms with E-state index in [2.05, 4.69) is 21.2 Å². The number of rotatable bonds is 6. The lowest BCUT2D eigenvalue weighted by molar-refractivity contribution is -0.128. The quantitative estimate of drug-likeness (QED) is 0.481. The van der Waals surface area contributed by atoms with Crippen LogP contribution in [0.4, 0.5) is 0 Å². The normalized spacial score (nSPS) is 11.1. The van der Waals surface area contributed by atoms with Gasteiger partial charge in [0.1, 0.15) is 0 Å². The third-order valence-electron chi connectivity index (χ3n) is 3.52. The number of carbonyl (C=O) groups is 3. The van der Waals surface area contributed by atoms with Gasteiger partial charge < -0.3 is 10.1 Å². The van der Waals surface area contributed by atoms with Gasteiger partial charge in [-0.2, -0.15) is 0 Å². The van der Waals surface area contributed by atoms with Gasteiger partial charge in [-0.15, -0.1) is 11.3 Å². The number of amides is 1. The summed E-state index contributed by atoms with van der Waals surface area (Å²) >= 11 is 10.5. The van der Waals surface area contributed by atoms with Crippen LogP contribution in [0.15, 0.2) is 34.8 Å². The number of hydrogen-bond acceptors (Lipinski definition) is 5. The van der Waals surface area contributed by atoms with Crippen LogP contribution in [-0.4, -0.2) is 24.3 Å². The maximum absolute atomic E-state index is 12.2. The smallest absolute Gasteiger partial charge is 0.340 e. The highest BCUT2D eigenvalue weighted by Crippen LogP contribution is 2.22. The Balaban J connectivity index is 1.91. The van der Waals surface area contributed by atoms with Gasteiger partial charge in [0.05, 0.1) is 22.0 Å². The summed E-state index contributed by atoms with van der Waals surface area (Å²) in [6, 6.07) is 8.24. The molecular weight excluding hydrogens is 454 g/mol. The highest BCUT2D eigenvalue weighted by atomic mass is 79.9. The fourth-order valence-corrected chi connectivity index (χ4v) is 3.42. The van der Waals surface area contributed by atoms with Gasteiger partial charge in [-0.1, -0.05) is 48.3 Å². The second-order valence-corrected chi connectivity index (χ2v) is 9.31. The largest absolute Gasteiger partial charge is 0.454 e. The molecule has 8 heteroatoms. The lowest BCUT2D eigenvalue weighted by atomic mass is 9.96. The van der Waals surface area contributed by atoms with E-state index in [1.807, 2.05) is 20.8 Å². The van der Waals surface area contributed by atoms with Crippen molar-refractivity contribution in [1.29, 1.82) is 0 Å². The van der Waals surface area contributed by atoms with Gasteiger partial charge in [0.15, 0.2) is 6.61 Å². The van der Waals surface area contributed by atoms with Crippen molar-refractivity contribution in [2.24, 2.45) is 5.41 Å². The molecule has 1 heterocycles. The molecule has 0 saturated heterocycles. The molecule has 0 unspecified atom stereocenters. The number of hydrogen-bond donors (Lipinski definition) is 1. The summed E-state index contributed by atoms with van der Waals surface area (Å²) in [4.78, 5) is 37.6. The molecule has 0 radical (unpaired) electrons. The first-order valence-electron chi connectivity index (χ1n) is 8.10. The highest BCUT2D eigenvalue weighted by Gasteiger charge is 2.21. The van der Waals surface area contributed by atoms with Crippen molar-refractivity contribution in [3.8, 4) is 0 Å². The molecule has 0 aliphatic heterocycles. The first-order chi connectivity index (χ1) is 12.6. The van der Waals surface area contributed by atoms with E-state index >= 15 is 0 Å². The van der Waals surface area contributed by atoms with Crippen LogP contribution in [0.1, 0.15) is 45.7 Å². The zero-order valence-electron chi connectivity index (χ0n) is 15.1. The van der Waals surface area contributed by atoms with Crippen molar-refractivity contribution in [1.82, 2.24) is 5.32 Å². The number of carbonyl (C=O) groups excluding carboxylic acids is 3. The average Bonchev–Trinajstić information content (AvgIpc) is 3.07. The van der Waals surface area contributed by atoms with Gasteiger partial charge in [-0.05, 0) is 30.3 Å². The third kappa shape index (κ3) is 6.16. The SMILES string of the molecule is CC(C)(C)C(=O)NCc1ccc(C(=O)COC(=O)c2cc(Br)ccc2Cl)s1. The molecule has 0 aliphatic rings. The highest BCUT2D eigenvalue weighted by molar-refractivity contribution is 9.10. The van der Waals surface area contributed by atoms with Crippen molar-refractivity contribution < 1.29 is 19.1 Å². The van der Waals surface area contributed by atoms with Crippen LogP contribution >= 0.6 is 38.9 Å². The van der Waals surface area contributed by atoms with E-state index in [9.17, 15) is 14.4 Å². The van der Waals surface area contributed by atoms with Gasteiger partial charge in [0, 0.05) is 14.8 Å². The molecule has 1 N–H and O–H groups in total. The van der Waals surface area contributed by atoms with Gasteiger partial charge >= 0.3 is 5.97 Å². The molecule has 0 atom stereocenters. The minimum Gasteiger partial charge on any atom is -0.454 e. The number of ketones is 1. The number of ether oxygens (including phenoxy) is 1. The van der Waals surface area contributed by atoms with Crippen molar-refractivity contribution in [3.05, 3.63) is 55.1 Å². The lowest BCUT2D eigenvalue weighted by Gasteiger charge is -2.17. The Kier molecular flexibility index (Phi) is 7.19. The fraction of sp³-hybridized carbons (Fsp3) is 0.316. The summed E-state index contributed by atoms with van der Waals surface area (Å²) in [7, 11) is 0. The van der Waals surface area contributed by atoms with Gasteiger partial charge in [-0.3, -0.25) is 9.59 Å². The van der Waals surface area contributed by atoms with Gasteiger partial charge in [0.25, 0.3) is 0 Å². The molecule has 5 nitrogen and oxygen atoms in total. The predicted octanol–water partition coefficient (Wildman–Crippen LogP) is 4.87. The summed E-state index contributed by atoms with van der Waals surface area (Å²) in [6.45, 7) is 5.46. The molecule has 2 aromatic rings.